The molecule has 110 valence electrons. The number of rotatable bonds is 4. The Hall–Kier alpha value is -1.52. The number of carbonyl (C=O) groups excluding carboxylic acids is 1. The predicted octanol–water partition coefficient (Wildman–Crippen LogP) is 4.91. The SMILES string of the molecule is Cc1ccc(SC(C)C(=O)Nc2ccc(F)cc2Cl)cc1. The maximum Gasteiger partial charge on any atom is 0.237 e. The van der Waals surface area contributed by atoms with E-state index in [0.29, 0.717) is 5.69 Å². The van der Waals surface area contributed by atoms with Crippen molar-refractivity contribution in [1.29, 1.82) is 0 Å². The molecule has 0 aromatic heterocycles. The van der Waals surface area contributed by atoms with Crippen LogP contribution in [0.3, 0.4) is 0 Å². The molecule has 1 atom stereocenters. The maximum atomic E-state index is 13.0. The number of halogens is 2. The predicted molar refractivity (Wildman–Crippen MR) is 86.5 cm³/mol. The number of benzene rings is 2. The van der Waals surface area contributed by atoms with Gasteiger partial charge in [-0.15, -0.1) is 11.8 Å². The number of anilines is 1. The molecule has 1 unspecified atom stereocenters. The van der Waals surface area contributed by atoms with Gasteiger partial charge in [0.15, 0.2) is 0 Å². The molecule has 0 aliphatic rings. The van der Waals surface area contributed by atoms with Gasteiger partial charge in [0, 0.05) is 4.90 Å². The molecule has 0 spiro atoms. The monoisotopic (exact) mass is 323 g/mol. The van der Waals surface area contributed by atoms with Crippen LogP contribution in [0.5, 0.6) is 0 Å². The molecule has 0 saturated heterocycles. The fourth-order valence-corrected chi connectivity index (χ4v) is 2.78. The van der Waals surface area contributed by atoms with Gasteiger partial charge in [0.1, 0.15) is 5.82 Å². The minimum Gasteiger partial charge on any atom is -0.324 e. The largest absolute Gasteiger partial charge is 0.324 e. The summed E-state index contributed by atoms with van der Waals surface area (Å²) in [7, 11) is 0. The van der Waals surface area contributed by atoms with E-state index in [0.717, 1.165) is 4.90 Å². The molecule has 0 bridgehead atoms. The molecule has 21 heavy (non-hydrogen) atoms. The van der Waals surface area contributed by atoms with E-state index in [1.165, 1.54) is 35.5 Å². The molecule has 5 heteroatoms. The summed E-state index contributed by atoms with van der Waals surface area (Å²) in [6.07, 6.45) is 0. The molecular weight excluding hydrogens is 309 g/mol. The normalized spacial score (nSPS) is 12.0. The minimum atomic E-state index is -0.430. The van der Waals surface area contributed by atoms with Gasteiger partial charge < -0.3 is 5.32 Å². The Bertz CT molecular complexity index is 645. The van der Waals surface area contributed by atoms with Crippen molar-refractivity contribution in [3.8, 4) is 0 Å². The van der Waals surface area contributed by atoms with Crippen molar-refractivity contribution in [1.82, 2.24) is 0 Å². The van der Waals surface area contributed by atoms with Crippen molar-refractivity contribution in [2.75, 3.05) is 5.32 Å². The molecule has 0 aliphatic carbocycles. The van der Waals surface area contributed by atoms with Gasteiger partial charge in [0.05, 0.1) is 16.0 Å². The van der Waals surface area contributed by atoms with Crippen LogP contribution in [-0.2, 0) is 4.79 Å². The highest BCUT2D eigenvalue weighted by molar-refractivity contribution is 8.00. The number of thioether (sulfide) groups is 1. The van der Waals surface area contributed by atoms with Gasteiger partial charge in [-0.2, -0.15) is 0 Å². The average Bonchev–Trinajstić information content (AvgIpc) is 2.44. The molecule has 0 aliphatic heterocycles. The summed E-state index contributed by atoms with van der Waals surface area (Å²) in [4.78, 5) is 13.2. The van der Waals surface area contributed by atoms with Crippen molar-refractivity contribution < 1.29 is 9.18 Å². The lowest BCUT2D eigenvalue weighted by atomic mass is 10.2. The van der Waals surface area contributed by atoms with Crippen molar-refractivity contribution in [2.45, 2.75) is 24.0 Å². The lowest BCUT2D eigenvalue weighted by Gasteiger charge is -2.13. The minimum absolute atomic E-state index is 0.172. The number of nitrogens with one attached hydrogen (secondary N) is 1. The van der Waals surface area contributed by atoms with E-state index in [-0.39, 0.29) is 16.2 Å². The van der Waals surface area contributed by atoms with E-state index in [1.54, 1.807) is 0 Å². The first-order valence-electron chi connectivity index (χ1n) is 6.45. The number of hydrogen-bond acceptors (Lipinski definition) is 2. The van der Waals surface area contributed by atoms with Crippen molar-refractivity contribution in [3.05, 3.63) is 58.9 Å². The van der Waals surface area contributed by atoms with Crippen molar-refractivity contribution in [2.24, 2.45) is 0 Å². The Morgan fingerprint density at radius 3 is 2.52 bits per heavy atom. The maximum absolute atomic E-state index is 13.0. The van der Waals surface area contributed by atoms with Gasteiger partial charge in [-0.05, 0) is 44.2 Å². The Morgan fingerprint density at radius 1 is 1.24 bits per heavy atom. The van der Waals surface area contributed by atoms with E-state index < -0.39 is 5.82 Å². The zero-order chi connectivity index (χ0) is 15.4. The second-order valence-corrected chi connectivity index (χ2v) is 6.51. The van der Waals surface area contributed by atoms with Crippen LogP contribution in [-0.4, -0.2) is 11.2 Å². The van der Waals surface area contributed by atoms with Crippen molar-refractivity contribution in [3.63, 3.8) is 0 Å². The fraction of sp³-hybridized carbons (Fsp3) is 0.188. The van der Waals surface area contributed by atoms with Crippen LogP contribution < -0.4 is 5.32 Å². The van der Waals surface area contributed by atoms with Gasteiger partial charge in [-0.1, -0.05) is 29.3 Å². The van der Waals surface area contributed by atoms with Gasteiger partial charge >= 0.3 is 0 Å². The number of hydrogen-bond donors (Lipinski definition) is 1. The van der Waals surface area contributed by atoms with Crippen LogP contribution in [0.4, 0.5) is 10.1 Å². The van der Waals surface area contributed by atoms with Crippen LogP contribution in [0.15, 0.2) is 47.4 Å². The van der Waals surface area contributed by atoms with E-state index in [1.807, 2.05) is 38.1 Å². The lowest BCUT2D eigenvalue weighted by Crippen LogP contribution is -2.22. The quantitative estimate of drug-likeness (QED) is 0.810. The van der Waals surface area contributed by atoms with Gasteiger partial charge in [0.25, 0.3) is 0 Å². The summed E-state index contributed by atoms with van der Waals surface area (Å²) in [6, 6.07) is 11.9. The molecule has 0 radical (unpaired) electrons. The zero-order valence-corrected chi connectivity index (χ0v) is 13.3. The Morgan fingerprint density at radius 2 is 1.90 bits per heavy atom. The van der Waals surface area contributed by atoms with E-state index in [9.17, 15) is 9.18 Å². The van der Waals surface area contributed by atoms with Gasteiger partial charge in [0.2, 0.25) is 5.91 Å². The smallest absolute Gasteiger partial charge is 0.237 e. The first-order chi connectivity index (χ1) is 9.95. The van der Waals surface area contributed by atoms with Crippen LogP contribution in [0.25, 0.3) is 0 Å². The lowest BCUT2D eigenvalue weighted by molar-refractivity contribution is -0.115. The van der Waals surface area contributed by atoms with Crippen molar-refractivity contribution >= 4 is 35.0 Å². The molecule has 0 saturated carbocycles. The Labute approximate surface area is 132 Å². The zero-order valence-electron chi connectivity index (χ0n) is 11.7. The Kier molecular flexibility index (Phi) is 5.26. The summed E-state index contributed by atoms with van der Waals surface area (Å²) >= 11 is 7.35. The molecule has 0 heterocycles. The highest BCUT2D eigenvalue weighted by atomic mass is 35.5. The second kappa shape index (κ2) is 6.96. The molecule has 2 rings (SSSR count). The topological polar surface area (TPSA) is 29.1 Å². The summed E-state index contributed by atoms with van der Waals surface area (Å²) in [5.74, 6) is -0.603. The van der Waals surface area contributed by atoms with Gasteiger partial charge in [-0.3, -0.25) is 4.79 Å². The fourth-order valence-electron chi connectivity index (χ4n) is 1.70. The summed E-state index contributed by atoms with van der Waals surface area (Å²) in [6.45, 7) is 3.83. The molecule has 2 aromatic rings. The van der Waals surface area contributed by atoms with E-state index >= 15 is 0 Å². The van der Waals surface area contributed by atoms with E-state index in [2.05, 4.69) is 5.32 Å². The first-order valence-corrected chi connectivity index (χ1v) is 7.70. The molecular formula is C16H15ClFNOS. The molecule has 1 N–H and O–H groups in total. The van der Waals surface area contributed by atoms with Crippen LogP contribution in [0, 0.1) is 12.7 Å². The summed E-state index contributed by atoms with van der Waals surface area (Å²) in [5, 5.41) is 2.62. The number of amides is 1. The number of aryl methyl sites for hydroxylation is 1. The van der Waals surface area contributed by atoms with Crippen LogP contribution in [0.2, 0.25) is 5.02 Å². The highest BCUT2D eigenvalue weighted by Crippen LogP contribution is 2.26. The highest BCUT2D eigenvalue weighted by Gasteiger charge is 2.15. The molecule has 0 fully saturated rings. The van der Waals surface area contributed by atoms with E-state index in [4.69, 9.17) is 11.6 Å². The standard InChI is InChI=1S/C16H15ClFNOS/c1-10-3-6-13(7-4-10)21-11(2)16(20)19-15-8-5-12(18)9-14(15)17/h3-9,11H,1-2H3,(H,19,20). The van der Waals surface area contributed by atoms with Gasteiger partial charge in [-0.25, -0.2) is 4.39 Å². The Balaban J connectivity index is 2.00. The third kappa shape index (κ3) is 4.48. The average molecular weight is 324 g/mol. The molecule has 1 amide bonds. The van der Waals surface area contributed by atoms with Crippen LogP contribution >= 0.6 is 23.4 Å². The first kappa shape index (κ1) is 15.9. The third-order valence-corrected chi connectivity index (χ3v) is 4.32. The second-order valence-electron chi connectivity index (χ2n) is 4.69. The number of carbonyl (C=O) groups is 1. The van der Waals surface area contributed by atoms with Crippen LogP contribution in [0.1, 0.15) is 12.5 Å². The summed E-state index contributed by atoms with van der Waals surface area (Å²) in [5.41, 5.74) is 1.59. The molecule has 2 aromatic carbocycles. The summed E-state index contributed by atoms with van der Waals surface area (Å²) < 4.78 is 13.0. The third-order valence-electron chi connectivity index (χ3n) is 2.89. The molecule has 2 nitrogen and oxygen atoms in total.